The van der Waals surface area contributed by atoms with Gasteiger partial charge in [-0.15, -0.1) is 0 Å². The largest absolute Gasteiger partial charge is 0.497 e. The summed E-state index contributed by atoms with van der Waals surface area (Å²) in [5.74, 6) is 1.64. The second-order valence-corrected chi connectivity index (χ2v) is 6.14. The fourth-order valence-corrected chi connectivity index (χ4v) is 2.95. The summed E-state index contributed by atoms with van der Waals surface area (Å²) in [6.07, 6.45) is 4.03. The molecule has 24 heavy (non-hydrogen) atoms. The molecule has 0 aliphatic carbocycles. The van der Waals surface area contributed by atoms with Crippen molar-refractivity contribution in [3.63, 3.8) is 0 Å². The van der Waals surface area contributed by atoms with Gasteiger partial charge in [0.2, 0.25) is 5.91 Å². The van der Waals surface area contributed by atoms with Gasteiger partial charge in [0.05, 0.1) is 20.3 Å². The molecule has 0 unspecified atom stereocenters. The molecule has 0 saturated carbocycles. The van der Waals surface area contributed by atoms with E-state index in [1.54, 1.807) is 14.2 Å². The van der Waals surface area contributed by atoms with Crippen molar-refractivity contribution < 1.29 is 14.3 Å². The summed E-state index contributed by atoms with van der Waals surface area (Å²) in [5.41, 5.74) is 7.10. The van der Waals surface area contributed by atoms with E-state index >= 15 is 0 Å². The van der Waals surface area contributed by atoms with Crippen molar-refractivity contribution in [1.82, 2.24) is 10.2 Å². The zero-order chi connectivity index (χ0) is 17.4. The molecular weight excluding hydrogens is 306 g/mol. The van der Waals surface area contributed by atoms with Gasteiger partial charge >= 0.3 is 0 Å². The fourth-order valence-electron chi connectivity index (χ4n) is 2.95. The quantitative estimate of drug-likeness (QED) is 0.705. The summed E-state index contributed by atoms with van der Waals surface area (Å²) in [6, 6.07) is 5.32. The Labute approximate surface area is 144 Å². The summed E-state index contributed by atoms with van der Waals surface area (Å²) < 4.78 is 10.6. The Morgan fingerprint density at radius 2 is 2.00 bits per heavy atom. The van der Waals surface area contributed by atoms with E-state index in [0.717, 1.165) is 43.0 Å². The first-order valence-corrected chi connectivity index (χ1v) is 8.61. The van der Waals surface area contributed by atoms with Crippen LogP contribution in [0.3, 0.4) is 0 Å². The lowest BCUT2D eigenvalue weighted by Gasteiger charge is -2.29. The molecule has 1 aliphatic rings. The van der Waals surface area contributed by atoms with E-state index in [9.17, 15) is 4.79 Å². The highest BCUT2D eigenvalue weighted by molar-refractivity contribution is 5.81. The van der Waals surface area contributed by atoms with Crippen LogP contribution in [0.25, 0.3) is 0 Å². The van der Waals surface area contributed by atoms with E-state index in [1.807, 2.05) is 23.1 Å². The normalized spacial score (nSPS) is 15.9. The Kier molecular flexibility index (Phi) is 7.34. The monoisotopic (exact) mass is 335 g/mol. The van der Waals surface area contributed by atoms with Crippen molar-refractivity contribution in [2.75, 3.05) is 33.9 Å². The summed E-state index contributed by atoms with van der Waals surface area (Å²) in [4.78, 5) is 14.2. The highest BCUT2D eigenvalue weighted by Gasteiger charge is 2.22. The van der Waals surface area contributed by atoms with E-state index in [2.05, 4.69) is 5.32 Å². The standard InChI is InChI=1S/C18H29N3O3/c1-23-15-7-6-14(17(12-15)24-2)13-20-9-8-16(19)18(22)21-10-4-3-5-11-21/h6-7,12,16,20H,3-5,8-11,13,19H2,1-2H3/t16-/m0/s1. The summed E-state index contributed by atoms with van der Waals surface area (Å²) in [6.45, 7) is 3.06. The van der Waals surface area contributed by atoms with Crippen molar-refractivity contribution in [2.24, 2.45) is 5.73 Å². The maximum Gasteiger partial charge on any atom is 0.239 e. The number of hydrogen-bond acceptors (Lipinski definition) is 5. The number of likely N-dealkylation sites (tertiary alicyclic amines) is 1. The summed E-state index contributed by atoms with van der Waals surface area (Å²) in [7, 11) is 3.28. The van der Waals surface area contributed by atoms with E-state index < -0.39 is 6.04 Å². The van der Waals surface area contributed by atoms with E-state index in [4.69, 9.17) is 15.2 Å². The topological polar surface area (TPSA) is 76.8 Å². The number of carbonyl (C=O) groups is 1. The Hall–Kier alpha value is -1.79. The minimum Gasteiger partial charge on any atom is -0.497 e. The van der Waals surface area contributed by atoms with Crippen LogP contribution in [0.1, 0.15) is 31.2 Å². The molecule has 1 aliphatic heterocycles. The molecule has 6 nitrogen and oxygen atoms in total. The number of nitrogens with zero attached hydrogens (tertiary/aromatic N) is 1. The molecule has 0 aromatic heterocycles. The zero-order valence-corrected chi connectivity index (χ0v) is 14.7. The molecule has 1 amide bonds. The number of ether oxygens (including phenoxy) is 2. The van der Waals surface area contributed by atoms with Crippen LogP contribution in [0, 0.1) is 0 Å². The van der Waals surface area contributed by atoms with Crippen LogP contribution in [0.4, 0.5) is 0 Å². The van der Waals surface area contributed by atoms with E-state index in [-0.39, 0.29) is 5.91 Å². The van der Waals surface area contributed by atoms with Gasteiger partial charge in [-0.25, -0.2) is 0 Å². The third-order valence-electron chi connectivity index (χ3n) is 4.43. The number of amides is 1. The lowest BCUT2D eigenvalue weighted by atomic mass is 10.1. The smallest absolute Gasteiger partial charge is 0.239 e. The molecule has 1 saturated heterocycles. The van der Waals surface area contributed by atoms with Gasteiger partial charge < -0.3 is 25.4 Å². The maximum atomic E-state index is 12.3. The second kappa shape index (κ2) is 9.49. The molecular formula is C18H29N3O3. The average molecular weight is 335 g/mol. The van der Waals surface area contributed by atoms with Crippen LogP contribution in [-0.4, -0.2) is 50.7 Å². The maximum absolute atomic E-state index is 12.3. The SMILES string of the molecule is COc1ccc(CNCC[C@H](N)C(=O)N2CCCCC2)c(OC)c1. The number of rotatable bonds is 8. The van der Waals surface area contributed by atoms with Crippen molar-refractivity contribution in [3.05, 3.63) is 23.8 Å². The van der Waals surface area contributed by atoms with Crippen LogP contribution < -0.4 is 20.5 Å². The van der Waals surface area contributed by atoms with Crippen LogP contribution in [0.5, 0.6) is 11.5 Å². The molecule has 6 heteroatoms. The molecule has 1 fully saturated rings. The lowest BCUT2D eigenvalue weighted by molar-refractivity contribution is -0.133. The van der Waals surface area contributed by atoms with Gasteiger partial charge in [-0.1, -0.05) is 6.07 Å². The highest BCUT2D eigenvalue weighted by atomic mass is 16.5. The van der Waals surface area contributed by atoms with Gasteiger partial charge in [0.25, 0.3) is 0 Å². The molecule has 134 valence electrons. The Balaban J connectivity index is 1.75. The molecule has 1 atom stereocenters. The number of nitrogens with two attached hydrogens (primary N) is 1. The molecule has 1 heterocycles. The van der Waals surface area contributed by atoms with Crippen molar-refractivity contribution in [1.29, 1.82) is 0 Å². The Bertz CT molecular complexity index is 530. The predicted molar refractivity (Wildman–Crippen MR) is 94.3 cm³/mol. The van der Waals surface area contributed by atoms with Gasteiger partial charge in [-0.2, -0.15) is 0 Å². The Morgan fingerprint density at radius 1 is 1.25 bits per heavy atom. The minimum atomic E-state index is -0.423. The predicted octanol–water partition coefficient (Wildman–Crippen LogP) is 1.52. The van der Waals surface area contributed by atoms with E-state index in [1.165, 1.54) is 6.42 Å². The van der Waals surface area contributed by atoms with Crippen LogP contribution >= 0.6 is 0 Å². The minimum absolute atomic E-state index is 0.0820. The molecule has 0 bridgehead atoms. The van der Waals surface area contributed by atoms with Crippen LogP contribution in [-0.2, 0) is 11.3 Å². The zero-order valence-electron chi connectivity index (χ0n) is 14.7. The van der Waals surface area contributed by atoms with Crippen LogP contribution in [0.2, 0.25) is 0 Å². The fraction of sp³-hybridized carbons (Fsp3) is 0.611. The van der Waals surface area contributed by atoms with Gasteiger partial charge in [-0.3, -0.25) is 4.79 Å². The first-order valence-electron chi connectivity index (χ1n) is 8.61. The number of benzene rings is 1. The van der Waals surface area contributed by atoms with Gasteiger partial charge in [0.1, 0.15) is 11.5 Å². The number of carbonyl (C=O) groups excluding carboxylic acids is 1. The molecule has 3 N–H and O–H groups in total. The van der Waals surface area contributed by atoms with Crippen LogP contribution in [0.15, 0.2) is 18.2 Å². The average Bonchev–Trinajstić information content (AvgIpc) is 2.65. The third-order valence-corrected chi connectivity index (χ3v) is 4.43. The number of piperidine rings is 1. The first-order chi connectivity index (χ1) is 11.7. The lowest BCUT2D eigenvalue weighted by Crippen LogP contribution is -2.46. The van der Waals surface area contributed by atoms with Gasteiger partial charge in [-0.05, 0) is 38.3 Å². The number of methoxy groups -OCH3 is 2. The second-order valence-electron chi connectivity index (χ2n) is 6.14. The van der Waals surface area contributed by atoms with Crippen molar-refractivity contribution in [2.45, 2.75) is 38.3 Å². The van der Waals surface area contributed by atoms with Crippen molar-refractivity contribution >= 4 is 5.91 Å². The molecule has 1 aromatic carbocycles. The first kappa shape index (κ1) is 18.5. The van der Waals surface area contributed by atoms with Gasteiger partial charge in [0.15, 0.2) is 0 Å². The molecule has 0 spiro atoms. The molecule has 2 rings (SSSR count). The molecule has 0 radical (unpaired) electrons. The molecule has 1 aromatic rings. The number of hydrogen-bond donors (Lipinski definition) is 2. The highest BCUT2D eigenvalue weighted by Crippen LogP contribution is 2.24. The third kappa shape index (κ3) is 5.11. The summed E-state index contributed by atoms with van der Waals surface area (Å²) in [5, 5.41) is 3.33. The number of nitrogens with one attached hydrogen (secondary N) is 1. The summed E-state index contributed by atoms with van der Waals surface area (Å²) >= 11 is 0. The van der Waals surface area contributed by atoms with Crippen molar-refractivity contribution in [3.8, 4) is 11.5 Å². The van der Waals surface area contributed by atoms with E-state index in [0.29, 0.717) is 19.5 Å². The van der Waals surface area contributed by atoms with Gasteiger partial charge in [0, 0.05) is 31.3 Å². The Morgan fingerprint density at radius 3 is 2.67 bits per heavy atom.